The van der Waals surface area contributed by atoms with Crippen LogP contribution in [0.3, 0.4) is 0 Å². The van der Waals surface area contributed by atoms with Gasteiger partial charge in [0.2, 0.25) is 0 Å². The van der Waals surface area contributed by atoms with E-state index in [9.17, 15) is 9.18 Å². The molecule has 1 amide bonds. The predicted molar refractivity (Wildman–Crippen MR) is 94.0 cm³/mol. The zero-order chi connectivity index (χ0) is 17.3. The van der Waals surface area contributed by atoms with Crippen LogP contribution < -0.4 is 5.32 Å². The highest BCUT2D eigenvalue weighted by Crippen LogP contribution is 2.26. The SMILES string of the molecule is Cc1c(C(=O)NCC(c2cccs2)N(C)C)oc2ccc(F)cc12. The summed E-state index contributed by atoms with van der Waals surface area (Å²) in [7, 11) is 3.96. The molecule has 126 valence electrons. The summed E-state index contributed by atoms with van der Waals surface area (Å²) in [6.45, 7) is 2.24. The number of likely N-dealkylation sites (N-methyl/N-ethyl adjacent to an activating group) is 1. The molecule has 0 spiro atoms. The Balaban J connectivity index is 1.79. The van der Waals surface area contributed by atoms with Crippen molar-refractivity contribution < 1.29 is 13.6 Å². The molecule has 0 fully saturated rings. The summed E-state index contributed by atoms with van der Waals surface area (Å²) in [6, 6.07) is 8.40. The summed E-state index contributed by atoms with van der Waals surface area (Å²) in [5, 5.41) is 5.57. The predicted octanol–water partition coefficient (Wildman–Crippen LogP) is 3.97. The lowest BCUT2D eigenvalue weighted by Crippen LogP contribution is -2.34. The fourth-order valence-corrected chi connectivity index (χ4v) is 3.62. The first kappa shape index (κ1) is 16.7. The molecule has 1 N–H and O–H groups in total. The molecule has 3 rings (SSSR count). The Bertz CT molecular complexity index is 855. The van der Waals surface area contributed by atoms with E-state index in [0.29, 0.717) is 23.1 Å². The zero-order valence-electron chi connectivity index (χ0n) is 13.8. The molecule has 1 atom stereocenters. The van der Waals surface area contributed by atoms with Crippen LogP contribution in [0.4, 0.5) is 4.39 Å². The number of rotatable bonds is 5. The molecule has 4 nitrogen and oxygen atoms in total. The number of furan rings is 1. The summed E-state index contributed by atoms with van der Waals surface area (Å²) in [6.07, 6.45) is 0. The minimum absolute atomic E-state index is 0.0936. The fourth-order valence-electron chi connectivity index (χ4n) is 2.70. The van der Waals surface area contributed by atoms with Gasteiger partial charge in [0.15, 0.2) is 5.76 Å². The Hall–Kier alpha value is -2.18. The first-order valence-corrected chi connectivity index (χ1v) is 8.52. The lowest BCUT2D eigenvalue weighted by molar-refractivity contribution is 0.0916. The lowest BCUT2D eigenvalue weighted by atomic mass is 10.1. The smallest absolute Gasteiger partial charge is 0.287 e. The molecule has 6 heteroatoms. The number of benzene rings is 1. The molecule has 0 aliphatic carbocycles. The molecule has 1 unspecified atom stereocenters. The van der Waals surface area contributed by atoms with Crippen molar-refractivity contribution in [1.29, 1.82) is 0 Å². The van der Waals surface area contributed by atoms with E-state index in [1.54, 1.807) is 24.3 Å². The Labute approximate surface area is 143 Å². The van der Waals surface area contributed by atoms with Crippen LogP contribution in [0.15, 0.2) is 40.1 Å². The van der Waals surface area contributed by atoms with Crippen molar-refractivity contribution in [2.45, 2.75) is 13.0 Å². The van der Waals surface area contributed by atoms with Crippen LogP contribution in [-0.2, 0) is 0 Å². The fraction of sp³-hybridized carbons (Fsp3) is 0.278. The van der Waals surface area contributed by atoms with E-state index in [2.05, 4.69) is 16.3 Å². The van der Waals surface area contributed by atoms with Crippen molar-refractivity contribution in [1.82, 2.24) is 10.2 Å². The number of nitrogens with one attached hydrogen (secondary N) is 1. The Morgan fingerprint density at radius 3 is 2.83 bits per heavy atom. The van der Waals surface area contributed by atoms with Gasteiger partial charge in [-0.3, -0.25) is 4.79 Å². The number of amides is 1. The molecule has 1 aromatic carbocycles. The van der Waals surface area contributed by atoms with Crippen LogP contribution in [0.5, 0.6) is 0 Å². The van der Waals surface area contributed by atoms with Gasteiger partial charge in [-0.05, 0) is 50.7 Å². The third-order valence-corrected chi connectivity index (χ3v) is 5.03. The van der Waals surface area contributed by atoms with Crippen molar-refractivity contribution in [3.63, 3.8) is 0 Å². The third kappa shape index (κ3) is 3.20. The van der Waals surface area contributed by atoms with Crippen molar-refractivity contribution in [2.24, 2.45) is 0 Å². The molecular weight excluding hydrogens is 327 g/mol. The number of aryl methyl sites for hydroxylation is 1. The van der Waals surface area contributed by atoms with Crippen molar-refractivity contribution >= 4 is 28.2 Å². The highest BCUT2D eigenvalue weighted by atomic mass is 32.1. The van der Waals surface area contributed by atoms with Gasteiger partial charge in [0.05, 0.1) is 6.04 Å². The van der Waals surface area contributed by atoms with Gasteiger partial charge in [-0.1, -0.05) is 6.07 Å². The molecule has 0 bridgehead atoms. The summed E-state index contributed by atoms with van der Waals surface area (Å²) in [5.41, 5.74) is 1.17. The molecule has 24 heavy (non-hydrogen) atoms. The molecule has 0 aliphatic heterocycles. The summed E-state index contributed by atoms with van der Waals surface area (Å²) in [5.74, 6) is -0.393. The first-order valence-electron chi connectivity index (χ1n) is 7.64. The number of hydrogen-bond donors (Lipinski definition) is 1. The molecule has 3 aromatic rings. The molecule has 0 saturated carbocycles. The number of carbonyl (C=O) groups excluding carboxylic acids is 1. The maximum absolute atomic E-state index is 13.4. The van der Waals surface area contributed by atoms with E-state index in [1.807, 2.05) is 25.5 Å². The van der Waals surface area contributed by atoms with Gasteiger partial charge >= 0.3 is 0 Å². The molecule has 2 aromatic heterocycles. The van der Waals surface area contributed by atoms with Crippen LogP contribution in [0.1, 0.15) is 27.0 Å². The maximum atomic E-state index is 13.4. The first-order chi connectivity index (χ1) is 11.5. The van der Waals surface area contributed by atoms with E-state index in [-0.39, 0.29) is 23.5 Å². The minimum Gasteiger partial charge on any atom is -0.451 e. The number of halogens is 1. The molecule has 0 radical (unpaired) electrons. The topological polar surface area (TPSA) is 45.5 Å². The average Bonchev–Trinajstić information content (AvgIpc) is 3.16. The van der Waals surface area contributed by atoms with E-state index >= 15 is 0 Å². The largest absolute Gasteiger partial charge is 0.451 e. The lowest BCUT2D eigenvalue weighted by Gasteiger charge is -2.23. The molecule has 0 saturated heterocycles. The quantitative estimate of drug-likeness (QED) is 0.760. The summed E-state index contributed by atoms with van der Waals surface area (Å²) < 4.78 is 19.0. The number of fused-ring (bicyclic) bond motifs is 1. The Morgan fingerprint density at radius 1 is 1.38 bits per heavy atom. The van der Waals surface area contributed by atoms with Gasteiger partial charge in [0.1, 0.15) is 11.4 Å². The minimum atomic E-state index is -0.344. The van der Waals surface area contributed by atoms with Crippen LogP contribution in [-0.4, -0.2) is 31.4 Å². The van der Waals surface area contributed by atoms with E-state index in [1.165, 1.54) is 17.0 Å². The normalized spacial score (nSPS) is 12.7. The number of thiophene rings is 1. The van der Waals surface area contributed by atoms with Gasteiger partial charge in [0.25, 0.3) is 5.91 Å². The van der Waals surface area contributed by atoms with Crippen LogP contribution >= 0.6 is 11.3 Å². The van der Waals surface area contributed by atoms with Crippen molar-refractivity contribution in [2.75, 3.05) is 20.6 Å². The van der Waals surface area contributed by atoms with E-state index < -0.39 is 0 Å². The number of nitrogens with zero attached hydrogens (tertiary/aromatic N) is 1. The third-order valence-electron chi connectivity index (χ3n) is 4.06. The maximum Gasteiger partial charge on any atom is 0.287 e. The van der Waals surface area contributed by atoms with Gasteiger partial charge in [-0.15, -0.1) is 11.3 Å². The second kappa shape index (κ2) is 6.75. The number of carbonyl (C=O) groups is 1. The van der Waals surface area contributed by atoms with Crippen molar-refractivity contribution in [3.8, 4) is 0 Å². The van der Waals surface area contributed by atoms with Crippen LogP contribution in [0.2, 0.25) is 0 Å². The van der Waals surface area contributed by atoms with E-state index in [0.717, 1.165) is 0 Å². The summed E-state index contributed by atoms with van der Waals surface area (Å²) >= 11 is 1.66. The zero-order valence-corrected chi connectivity index (χ0v) is 14.6. The van der Waals surface area contributed by atoms with Crippen LogP contribution in [0.25, 0.3) is 11.0 Å². The Morgan fingerprint density at radius 2 is 2.17 bits per heavy atom. The van der Waals surface area contributed by atoms with Gasteiger partial charge in [-0.2, -0.15) is 0 Å². The van der Waals surface area contributed by atoms with Crippen LogP contribution in [0, 0.1) is 12.7 Å². The van der Waals surface area contributed by atoms with Gasteiger partial charge < -0.3 is 14.6 Å². The number of hydrogen-bond acceptors (Lipinski definition) is 4. The monoisotopic (exact) mass is 346 g/mol. The average molecular weight is 346 g/mol. The molecule has 0 aliphatic rings. The second-order valence-electron chi connectivity index (χ2n) is 5.90. The van der Waals surface area contributed by atoms with E-state index in [4.69, 9.17) is 4.42 Å². The Kier molecular flexibility index (Phi) is 4.69. The van der Waals surface area contributed by atoms with Crippen molar-refractivity contribution in [3.05, 3.63) is 57.7 Å². The highest BCUT2D eigenvalue weighted by Gasteiger charge is 2.21. The highest BCUT2D eigenvalue weighted by molar-refractivity contribution is 7.10. The standard InChI is InChI=1S/C18H19FN2O2S/c1-11-13-9-12(19)6-7-15(13)23-17(11)18(22)20-10-14(21(2)3)16-5-4-8-24-16/h4-9,14H,10H2,1-3H3,(H,20,22). The summed E-state index contributed by atoms with van der Waals surface area (Å²) in [4.78, 5) is 15.7. The second-order valence-corrected chi connectivity index (χ2v) is 6.88. The molecular formula is C18H19FN2O2S. The van der Waals surface area contributed by atoms with Gasteiger partial charge in [-0.25, -0.2) is 4.39 Å². The van der Waals surface area contributed by atoms with Gasteiger partial charge in [0, 0.05) is 22.4 Å². The molecule has 2 heterocycles.